The summed E-state index contributed by atoms with van der Waals surface area (Å²) in [6.45, 7) is 0. The third-order valence-electron chi connectivity index (χ3n) is 4.33. The number of rotatable bonds is 5. The maximum atomic E-state index is 13.7. The van der Waals surface area contributed by atoms with Crippen LogP contribution in [0.15, 0.2) is 41.4 Å². The zero-order valence-electron chi connectivity index (χ0n) is 14.2. The molecule has 1 aromatic heterocycles. The second-order valence-electron chi connectivity index (χ2n) is 6.28. The summed E-state index contributed by atoms with van der Waals surface area (Å²) in [7, 11) is -4.15. The van der Waals surface area contributed by atoms with Crippen LogP contribution in [0.1, 0.15) is 31.2 Å². The van der Waals surface area contributed by atoms with E-state index in [-0.39, 0.29) is 12.1 Å². The standard InChI is InChI=1S/C18H17F2N3O3S/c19-13-2-7-16(20)17(9-13)27(24,25)23-14-3-5-15(6-4-14)26-18-8-1-12(10-21)11-22-18/h1-2,7-9,11,14-15,23H,3-6H2. The molecule has 1 fully saturated rings. The highest BCUT2D eigenvalue weighted by Crippen LogP contribution is 2.25. The third kappa shape index (κ3) is 4.78. The van der Waals surface area contributed by atoms with Gasteiger partial charge in [0.25, 0.3) is 0 Å². The van der Waals surface area contributed by atoms with Gasteiger partial charge in [0, 0.05) is 18.3 Å². The number of aromatic nitrogens is 1. The maximum absolute atomic E-state index is 13.7. The summed E-state index contributed by atoms with van der Waals surface area (Å²) in [5.74, 6) is -1.41. The van der Waals surface area contributed by atoms with E-state index in [1.54, 1.807) is 12.1 Å². The lowest BCUT2D eigenvalue weighted by Gasteiger charge is -2.29. The summed E-state index contributed by atoms with van der Waals surface area (Å²) in [6, 6.07) is 7.14. The van der Waals surface area contributed by atoms with Crippen molar-refractivity contribution in [1.82, 2.24) is 9.71 Å². The summed E-state index contributed by atoms with van der Waals surface area (Å²) in [6.07, 6.45) is 3.45. The van der Waals surface area contributed by atoms with Gasteiger partial charge >= 0.3 is 0 Å². The number of hydrogen-bond acceptors (Lipinski definition) is 5. The maximum Gasteiger partial charge on any atom is 0.243 e. The number of halogens is 2. The number of sulfonamides is 1. The van der Waals surface area contributed by atoms with Crippen LogP contribution < -0.4 is 9.46 Å². The van der Waals surface area contributed by atoms with E-state index in [1.807, 2.05) is 6.07 Å². The Kier molecular flexibility index (Phi) is 5.68. The van der Waals surface area contributed by atoms with Gasteiger partial charge in [-0.1, -0.05) is 0 Å². The fourth-order valence-corrected chi connectivity index (χ4v) is 4.35. The van der Waals surface area contributed by atoms with Gasteiger partial charge in [-0.2, -0.15) is 5.26 Å². The van der Waals surface area contributed by atoms with Crippen molar-refractivity contribution in [1.29, 1.82) is 5.26 Å². The zero-order chi connectivity index (χ0) is 19.4. The van der Waals surface area contributed by atoms with Crippen LogP contribution in [0.2, 0.25) is 0 Å². The molecule has 0 unspecified atom stereocenters. The van der Waals surface area contributed by atoms with Crippen LogP contribution >= 0.6 is 0 Å². The van der Waals surface area contributed by atoms with Crippen LogP contribution in [0.5, 0.6) is 5.88 Å². The van der Waals surface area contributed by atoms with Gasteiger partial charge in [0.2, 0.25) is 15.9 Å². The first-order valence-corrected chi connectivity index (χ1v) is 9.86. The second kappa shape index (κ2) is 7.98. The molecule has 1 aliphatic rings. The van der Waals surface area contributed by atoms with Gasteiger partial charge < -0.3 is 4.74 Å². The van der Waals surface area contributed by atoms with Crippen molar-refractivity contribution < 1.29 is 21.9 Å². The van der Waals surface area contributed by atoms with E-state index in [2.05, 4.69) is 9.71 Å². The van der Waals surface area contributed by atoms with Crippen LogP contribution in [0.25, 0.3) is 0 Å². The first-order valence-electron chi connectivity index (χ1n) is 8.37. The summed E-state index contributed by atoms with van der Waals surface area (Å²) >= 11 is 0. The number of ether oxygens (including phenoxy) is 1. The Balaban J connectivity index is 1.57. The average Bonchev–Trinajstić information content (AvgIpc) is 2.65. The molecule has 1 saturated carbocycles. The monoisotopic (exact) mass is 393 g/mol. The first kappa shape index (κ1) is 19.2. The largest absolute Gasteiger partial charge is 0.474 e. The van der Waals surface area contributed by atoms with E-state index < -0.39 is 26.6 Å². The Morgan fingerprint density at radius 1 is 1.15 bits per heavy atom. The van der Waals surface area contributed by atoms with E-state index in [0.717, 1.165) is 12.1 Å². The lowest BCUT2D eigenvalue weighted by atomic mass is 9.94. The van der Waals surface area contributed by atoms with Gasteiger partial charge in [-0.15, -0.1) is 0 Å². The number of hydrogen-bond donors (Lipinski definition) is 1. The molecule has 1 aromatic carbocycles. The van der Waals surface area contributed by atoms with Crippen LogP contribution in [-0.4, -0.2) is 25.5 Å². The summed E-state index contributed by atoms with van der Waals surface area (Å²) in [5, 5.41) is 8.76. The fourth-order valence-electron chi connectivity index (χ4n) is 2.95. The molecule has 27 heavy (non-hydrogen) atoms. The molecule has 1 heterocycles. The summed E-state index contributed by atoms with van der Waals surface area (Å²) in [5.41, 5.74) is 0.435. The highest BCUT2D eigenvalue weighted by molar-refractivity contribution is 7.89. The van der Waals surface area contributed by atoms with E-state index >= 15 is 0 Å². The molecule has 0 spiro atoms. The minimum Gasteiger partial charge on any atom is -0.474 e. The van der Waals surface area contributed by atoms with Crippen LogP contribution in [-0.2, 0) is 10.0 Å². The molecule has 142 valence electrons. The number of benzene rings is 1. The van der Waals surface area contributed by atoms with Gasteiger partial charge in [0.15, 0.2) is 0 Å². The van der Waals surface area contributed by atoms with Crippen molar-refractivity contribution in [3.63, 3.8) is 0 Å². The molecule has 1 N–H and O–H groups in total. The molecule has 0 radical (unpaired) electrons. The highest BCUT2D eigenvalue weighted by atomic mass is 32.2. The highest BCUT2D eigenvalue weighted by Gasteiger charge is 2.28. The Morgan fingerprint density at radius 2 is 1.89 bits per heavy atom. The topological polar surface area (TPSA) is 92.1 Å². The van der Waals surface area contributed by atoms with Gasteiger partial charge in [0.05, 0.1) is 5.56 Å². The number of nitriles is 1. The molecule has 0 atom stereocenters. The molecule has 3 rings (SSSR count). The third-order valence-corrected chi connectivity index (χ3v) is 5.87. The number of pyridine rings is 1. The van der Waals surface area contributed by atoms with E-state index in [9.17, 15) is 17.2 Å². The molecule has 0 saturated heterocycles. The normalized spacial score (nSPS) is 20.0. The Labute approximate surface area is 155 Å². The molecule has 0 amide bonds. The minimum atomic E-state index is -4.15. The van der Waals surface area contributed by atoms with Gasteiger partial charge in [-0.3, -0.25) is 0 Å². The number of nitrogens with zero attached hydrogens (tertiary/aromatic N) is 2. The average molecular weight is 393 g/mol. The molecule has 1 aliphatic carbocycles. The molecular weight excluding hydrogens is 376 g/mol. The van der Waals surface area contributed by atoms with Crippen molar-refractivity contribution in [2.45, 2.75) is 42.7 Å². The molecule has 2 aromatic rings. The minimum absolute atomic E-state index is 0.128. The Bertz CT molecular complexity index is 951. The van der Waals surface area contributed by atoms with Crippen molar-refractivity contribution >= 4 is 10.0 Å². The Morgan fingerprint density at radius 3 is 2.52 bits per heavy atom. The van der Waals surface area contributed by atoms with Crippen molar-refractivity contribution in [2.24, 2.45) is 0 Å². The zero-order valence-corrected chi connectivity index (χ0v) is 15.0. The summed E-state index contributed by atoms with van der Waals surface area (Å²) < 4.78 is 59.8. The van der Waals surface area contributed by atoms with Gasteiger partial charge in [0.1, 0.15) is 28.7 Å². The summed E-state index contributed by atoms with van der Waals surface area (Å²) in [4.78, 5) is 3.35. The molecule has 9 heteroatoms. The quantitative estimate of drug-likeness (QED) is 0.843. The Hall–Kier alpha value is -2.57. The molecular formula is C18H17F2N3O3S. The van der Waals surface area contributed by atoms with Gasteiger partial charge in [-0.25, -0.2) is 26.9 Å². The number of nitrogens with one attached hydrogen (secondary N) is 1. The second-order valence-corrected chi connectivity index (χ2v) is 7.97. The lowest BCUT2D eigenvalue weighted by Crippen LogP contribution is -2.40. The predicted octanol–water partition coefficient (Wildman–Crippen LogP) is 2.90. The van der Waals surface area contributed by atoms with Crippen molar-refractivity contribution in [2.75, 3.05) is 0 Å². The van der Waals surface area contributed by atoms with E-state index in [4.69, 9.17) is 10.00 Å². The van der Waals surface area contributed by atoms with E-state index in [1.165, 1.54) is 6.20 Å². The predicted molar refractivity (Wildman–Crippen MR) is 92.3 cm³/mol. The van der Waals surface area contributed by atoms with Crippen LogP contribution in [0, 0.1) is 23.0 Å². The molecule has 0 bridgehead atoms. The van der Waals surface area contributed by atoms with Gasteiger partial charge in [-0.05, 0) is 49.9 Å². The van der Waals surface area contributed by atoms with Crippen molar-refractivity contribution in [3.05, 3.63) is 53.7 Å². The molecule has 6 nitrogen and oxygen atoms in total. The smallest absolute Gasteiger partial charge is 0.243 e. The van der Waals surface area contributed by atoms with Crippen molar-refractivity contribution in [3.8, 4) is 11.9 Å². The molecule has 0 aliphatic heterocycles. The van der Waals surface area contributed by atoms with E-state index in [0.29, 0.717) is 43.2 Å². The SMILES string of the molecule is N#Cc1ccc(OC2CCC(NS(=O)(=O)c3cc(F)ccc3F)CC2)nc1. The van der Waals surface area contributed by atoms with Crippen LogP contribution in [0.4, 0.5) is 8.78 Å². The fraction of sp³-hybridized carbons (Fsp3) is 0.333. The first-order chi connectivity index (χ1) is 12.9. The van der Waals surface area contributed by atoms with Crippen LogP contribution in [0.3, 0.4) is 0 Å². The lowest BCUT2D eigenvalue weighted by molar-refractivity contribution is 0.138.